The third-order valence-electron chi connectivity index (χ3n) is 4.73. The quantitative estimate of drug-likeness (QED) is 0.888. The topological polar surface area (TPSA) is 15.3 Å². The molecule has 2 rings (SSSR count). The SMILES string of the molecule is Cc1cc(N2CCCC(C)C2C)ccc1CNC(C)C. The third kappa shape index (κ3) is 3.54. The van der Waals surface area contributed by atoms with E-state index in [9.17, 15) is 0 Å². The fourth-order valence-corrected chi connectivity index (χ4v) is 3.07. The van der Waals surface area contributed by atoms with Crippen molar-refractivity contribution in [1.29, 1.82) is 0 Å². The van der Waals surface area contributed by atoms with Crippen molar-refractivity contribution in [3.8, 4) is 0 Å². The lowest BCUT2D eigenvalue weighted by atomic mass is 9.91. The Bertz CT molecular complexity index is 439. The van der Waals surface area contributed by atoms with Gasteiger partial charge in [-0.25, -0.2) is 0 Å². The average molecular weight is 274 g/mol. The third-order valence-corrected chi connectivity index (χ3v) is 4.73. The van der Waals surface area contributed by atoms with Gasteiger partial charge in [0.1, 0.15) is 0 Å². The largest absolute Gasteiger partial charge is 0.369 e. The van der Waals surface area contributed by atoms with E-state index in [1.54, 1.807) is 0 Å². The molecule has 2 unspecified atom stereocenters. The standard InChI is InChI=1S/C18H30N2/c1-13(2)19-12-17-8-9-18(11-15(17)4)20-10-6-7-14(3)16(20)5/h8-9,11,13-14,16,19H,6-7,10,12H2,1-5H3. The van der Waals surface area contributed by atoms with Gasteiger partial charge in [0.05, 0.1) is 0 Å². The molecule has 1 aliphatic heterocycles. The highest BCUT2D eigenvalue weighted by molar-refractivity contribution is 5.52. The zero-order valence-corrected chi connectivity index (χ0v) is 13.7. The molecule has 0 aromatic heterocycles. The normalized spacial score (nSPS) is 23.4. The number of rotatable bonds is 4. The maximum atomic E-state index is 3.50. The van der Waals surface area contributed by atoms with Crippen LogP contribution in [0.3, 0.4) is 0 Å². The minimum Gasteiger partial charge on any atom is -0.369 e. The van der Waals surface area contributed by atoms with Gasteiger partial charge in [-0.05, 0) is 55.9 Å². The second-order valence-corrected chi connectivity index (χ2v) is 6.70. The first-order valence-electron chi connectivity index (χ1n) is 8.08. The molecule has 1 aromatic rings. The average Bonchev–Trinajstić information content (AvgIpc) is 2.40. The van der Waals surface area contributed by atoms with E-state index in [0.717, 1.165) is 12.5 Å². The highest BCUT2D eigenvalue weighted by Crippen LogP contribution is 2.29. The summed E-state index contributed by atoms with van der Waals surface area (Å²) in [7, 11) is 0. The van der Waals surface area contributed by atoms with E-state index < -0.39 is 0 Å². The lowest BCUT2D eigenvalue weighted by Crippen LogP contribution is -2.42. The van der Waals surface area contributed by atoms with Crippen molar-refractivity contribution in [3.05, 3.63) is 29.3 Å². The van der Waals surface area contributed by atoms with Crippen molar-refractivity contribution in [2.24, 2.45) is 5.92 Å². The summed E-state index contributed by atoms with van der Waals surface area (Å²) in [6, 6.07) is 8.16. The first kappa shape index (κ1) is 15.4. The van der Waals surface area contributed by atoms with Gasteiger partial charge in [-0.1, -0.05) is 26.8 Å². The smallest absolute Gasteiger partial charge is 0.0371 e. The number of aryl methyl sites for hydroxylation is 1. The Hall–Kier alpha value is -1.02. The van der Waals surface area contributed by atoms with Crippen LogP contribution in [0.2, 0.25) is 0 Å². The molecule has 0 bridgehead atoms. The lowest BCUT2D eigenvalue weighted by molar-refractivity contribution is 0.363. The summed E-state index contributed by atoms with van der Waals surface area (Å²) in [5, 5.41) is 3.50. The maximum Gasteiger partial charge on any atom is 0.0371 e. The van der Waals surface area contributed by atoms with Crippen LogP contribution in [0.1, 0.15) is 51.7 Å². The molecule has 2 nitrogen and oxygen atoms in total. The Morgan fingerprint density at radius 3 is 2.70 bits per heavy atom. The molecule has 0 spiro atoms. The number of nitrogens with one attached hydrogen (secondary N) is 1. The highest BCUT2D eigenvalue weighted by atomic mass is 15.2. The molecule has 1 aliphatic rings. The van der Waals surface area contributed by atoms with Crippen LogP contribution in [0.25, 0.3) is 0 Å². The summed E-state index contributed by atoms with van der Waals surface area (Å²) < 4.78 is 0. The number of hydrogen-bond donors (Lipinski definition) is 1. The molecule has 1 aromatic carbocycles. The molecule has 2 atom stereocenters. The van der Waals surface area contributed by atoms with Crippen molar-refractivity contribution in [1.82, 2.24) is 5.32 Å². The van der Waals surface area contributed by atoms with Crippen molar-refractivity contribution in [2.45, 2.75) is 66.1 Å². The number of hydrogen-bond acceptors (Lipinski definition) is 2. The molecule has 0 aliphatic carbocycles. The van der Waals surface area contributed by atoms with Gasteiger partial charge in [-0.15, -0.1) is 0 Å². The molecule has 0 saturated carbocycles. The minimum absolute atomic E-state index is 0.539. The molecule has 2 heteroatoms. The zero-order chi connectivity index (χ0) is 14.7. The Morgan fingerprint density at radius 2 is 2.05 bits per heavy atom. The number of benzene rings is 1. The van der Waals surface area contributed by atoms with Gasteiger partial charge in [0.25, 0.3) is 0 Å². The molecule has 0 radical (unpaired) electrons. The number of piperidine rings is 1. The molecule has 1 saturated heterocycles. The van der Waals surface area contributed by atoms with Crippen LogP contribution in [0.4, 0.5) is 5.69 Å². The van der Waals surface area contributed by atoms with Gasteiger partial charge in [0.2, 0.25) is 0 Å². The van der Waals surface area contributed by atoms with Crippen LogP contribution >= 0.6 is 0 Å². The highest BCUT2D eigenvalue weighted by Gasteiger charge is 2.24. The maximum absolute atomic E-state index is 3.50. The van der Waals surface area contributed by atoms with Crippen molar-refractivity contribution >= 4 is 5.69 Å². The minimum atomic E-state index is 0.539. The first-order chi connectivity index (χ1) is 9.49. The molecular weight excluding hydrogens is 244 g/mol. The predicted molar refractivity (Wildman–Crippen MR) is 88.4 cm³/mol. The van der Waals surface area contributed by atoms with Gasteiger partial charge in [0.15, 0.2) is 0 Å². The van der Waals surface area contributed by atoms with E-state index in [0.29, 0.717) is 12.1 Å². The molecule has 1 heterocycles. The van der Waals surface area contributed by atoms with E-state index in [-0.39, 0.29) is 0 Å². The Kier molecular flexibility index (Phi) is 5.09. The zero-order valence-electron chi connectivity index (χ0n) is 13.7. The first-order valence-corrected chi connectivity index (χ1v) is 8.08. The lowest BCUT2D eigenvalue weighted by Gasteiger charge is -2.40. The van der Waals surface area contributed by atoms with Crippen LogP contribution in [-0.2, 0) is 6.54 Å². The monoisotopic (exact) mass is 274 g/mol. The second kappa shape index (κ2) is 6.62. The summed E-state index contributed by atoms with van der Waals surface area (Å²) in [4.78, 5) is 2.58. The van der Waals surface area contributed by atoms with Crippen LogP contribution in [-0.4, -0.2) is 18.6 Å². The van der Waals surface area contributed by atoms with Crippen LogP contribution in [0.5, 0.6) is 0 Å². The summed E-state index contributed by atoms with van der Waals surface area (Å²) >= 11 is 0. The molecule has 0 amide bonds. The Labute approximate surface area is 124 Å². The van der Waals surface area contributed by atoms with Crippen LogP contribution < -0.4 is 10.2 Å². The van der Waals surface area contributed by atoms with Gasteiger partial charge in [-0.2, -0.15) is 0 Å². The van der Waals surface area contributed by atoms with Crippen LogP contribution in [0, 0.1) is 12.8 Å². The summed E-state index contributed by atoms with van der Waals surface area (Å²) in [6.45, 7) is 13.5. The van der Waals surface area contributed by atoms with Gasteiger partial charge < -0.3 is 10.2 Å². The van der Waals surface area contributed by atoms with E-state index in [1.165, 1.54) is 36.2 Å². The molecular formula is C18H30N2. The molecule has 112 valence electrons. The fraction of sp³-hybridized carbons (Fsp3) is 0.667. The molecule has 1 fully saturated rings. The second-order valence-electron chi connectivity index (χ2n) is 6.70. The number of anilines is 1. The van der Waals surface area contributed by atoms with Gasteiger partial charge >= 0.3 is 0 Å². The van der Waals surface area contributed by atoms with Crippen molar-refractivity contribution < 1.29 is 0 Å². The van der Waals surface area contributed by atoms with E-state index in [1.807, 2.05) is 0 Å². The fourth-order valence-electron chi connectivity index (χ4n) is 3.07. The van der Waals surface area contributed by atoms with E-state index in [4.69, 9.17) is 0 Å². The summed E-state index contributed by atoms with van der Waals surface area (Å²) in [6.07, 6.45) is 2.69. The summed E-state index contributed by atoms with van der Waals surface area (Å²) in [5.41, 5.74) is 4.22. The van der Waals surface area contributed by atoms with Crippen molar-refractivity contribution in [2.75, 3.05) is 11.4 Å². The predicted octanol–water partition coefficient (Wildman–Crippen LogP) is 4.12. The van der Waals surface area contributed by atoms with Crippen molar-refractivity contribution in [3.63, 3.8) is 0 Å². The van der Waals surface area contributed by atoms with E-state index >= 15 is 0 Å². The summed E-state index contributed by atoms with van der Waals surface area (Å²) in [5.74, 6) is 0.798. The molecule has 1 N–H and O–H groups in total. The molecule has 20 heavy (non-hydrogen) atoms. The van der Waals surface area contributed by atoms with Crippen LogP contribution in [0.15, 0.2) is 18.2 Å². The van der Waals surface area contributed by atoms with Gasteiger partial charge in [-0.3, -0.25) is 0 Å². The Balaban J connectivity index is 2.12. The van der Waals surface area contributed by atoms with E-state index in [2.05, 4.69) is 63.0 Å². The Morgan fingerprint density at radius 1 is 1.30 bits per heavy atom. The number of nitrogens with zero attached hydrogens (tertiary/aromatic N) is 1. The van der Waals surface area contributed by atoms with Gasteiger partial charge in [0, 0.05) is 30.9 Å².